The summed E-state index contributed by atoms with van der Waals surface area (Å²) < 4.78 is 12.9. The fourth-order valence-electron chi connectivity index (χ4n) is 1.86. The Labute approximate surface area is 87.3 Å². The van der Waals surface area contributed by atoms with Gasteiger partial charge in [0.25, 0.3) is 5.91 Å². The van der Waals surface area contributed by atoms with Crippen LogP contribution < -0.4 is 5.32 Å². The van der Waals surface area contributed by atoms with E-state index in [1.165, 1.54) is 6.20 Å². The number of carbonyl (C=O) groups excluding carboxylic acids is 1. The monoisotopic (exact) mass is 211 g/mol. The first kappa shape index (κ1) is 10.1. The molecular weight excluding hydrogens is 197 g/mol. The first-order valence-corrected chi connectivity index (χ1v) is 5.11. The van der Waals surface area contributed by atoms with Crippen LogP contribution in [-0.2, 0) is 0 Å². The number of hydrogen-bond donors (Lipinski definition) is 2. The quantitative estimate of drug-likeness (QED) is 0.775. The van der Waals surface area contributed by atoms with E-state index in [0.29, 0.717) is 24.4 Å². The van der Waals surface area contributed by atoms with Gasteiger partial charge in [0.1, 0.15) is 17.7 Å². The summed E-state index contributed by atoms with van der Waals surface area (Å²) in [7, 11) is 0. The molecule has 0 aromatic carbocycles. The predicted molar refractivity (Wildman–Crippen MR) is 53.3 cm³/mol. The summed E-state index contributed by atoms with van der Waals surface area (Å²) >= 11 is 0. The number of rotatable bonds is 2. The fraction of sp³-hybridized carbons (Fsp3) is 0.600. The predicted octanol–water partition coefficient (Wildman–Crippen LogP) is 1.34. The Balaban J connectivity index is 1.92. The van der Waals surface area contributed by atoms with Crippen LogP contribution in [0.3, 0.4) is 0 Å². The zero-order valence-electron chi connectivity index (χ0n) is 8.59. The average Bonchev–Trinajstić information content (AvgIpc) is 2.75. The maximum atomic E-state index is 12.9. The Morgan fingerprint density at radius 1 is 1.67 bits per heavy atom. The highest BCUT2D eigenvalue weighted by Gasteiger charge is 2.25. The zero-order valence-corrected chi connectivity index (χ0v) is 8.59. The van der Waals surface area contributed by atoms with Gasteiger partial charge >= 0.3 is 0 Å². The van der Waals surface area contributed by atoms with Gasteiger partial charge in [-0.2, -0.15) is 0 Å². The van der Waals surface area contributed by atoms with Crippen molar-refractivity contribution in [2.75, 3.05) is 0 Å². The van der Waals surface area contributed by atoms with Gasteiger partial charge in [-0.15, -0.1) is 0 Å². The van der Waals surface area contributed by atoms with Crippen LogP contribution in [0, 0.1) is 6.92 Å². The molecule has 0 spiro atoms. The van der Waals surface area contributed by atoms with Gasteiger partial charge in [0.2, 0.25) is 0 Å². The van der Waals surface area contributed by atoms with Gasteiger partial charge < -0.3 is 10.3 Å². The number of nitrogens with zero attached hydrogens (tertiary/aromatic N) is 1. The molecule has 0 radical (unpaired) electrons. The van der Waals surface area contributed by atoms with Crippen molar-refractivity contribution in [3.8, 4) is 0 Å². The van der Waals surface area contributed by atoms with Gasteiger partial charge in [-0.1, -0.05) is 0 Å². The number of H-pyrrole nitrogens is 1. The Kier molecular flexibility index (Phi) is 2.70. The molecule has 1 fully saturated rings. The summed E-state index contributed by atoms with van der Waals surface area (Å²) in [6.45, 7) is 1.78. The van der Waals surface area contributed by atoms with Crippen LogP contribution in [0.2, 0.25) is 0 Å². The van der Waals surface area contributed by atoms with E-state index in [-0.39, 0.29) is 11.9 Å². The van der Waals surface area contributed by atoms with Crippen LogP contribution in [0.25, 0.3) is 0 Å². The maximum Gasteiger partial charge on any atom is 0.269 e. The van der Waals surface area contributed by atoms with Crippen molar-refractivity contribution >= 4 is 5.91 Å². The average molecular weight is 211 g/mol. The number of amides is 1. The van der Waals surface area contributed by atoms with Crippen LogP contribution in [-0.4, -0.2) is 28.1 Å². The Bertz CT molecular complexity index is 363. The number of aromatic nitrogens is 2. The number of alkyl halides is 1. The van der Waals surface area contributed by atoms with Gasteiger partial charge in [0.05, 0.1) is 6.20 Å². The van der Waals surface area contributed by atoms with Gasteiger partial charge in [-0.25, -0.2) is 9.37 Å². The van der Waals surface area contributed by atoms with E-state index in [4.69, 9.17) is 0 Å². The molecule has 1 aliphatic rings. The van der Waals surface area contributed by atoms with Crippen LogP contribution in [0.1, 0.15) is 35.6 Å². The first-order chi connectivity index (χ1) is 7.15. The summed E-state index contributed by atoms with van der Waals surface area (Å²) in [6, 6.07) is -0.0314. The number of aryl methyl sites for hydroxylation is 1. The summed E-state index contributed by atoms with van der Waals surface area (Å²) in [4.78, 5) is 18.4. The third-order valence-corrected chi connectivity index (χ3v) is 2.65. The van der Waals surface area contributed by atoms with Crippen molar-refractivity contribution in [3.05, 3.63) is 17.7 Å². The standard InChI is InChI=1S/C10H14FN3O/c1-6-12-5-9(13-6)10(15)14-8-3-2-7(11)4-8/h5,7-8H,2-4H2,1H3,(H,12,13)(H,14,15). The first-order valence-electron chi connectivity index (χ1n) is 5.11. The van der Waals surface area contributed by atoms with E-state index in [2.05, 4.69) is 15.3 Å². The van der Waals surface area contributed by atoms with E-state index < -0.39 is 6.17 Å². The second-order valence-electron chi connectivity index (χ2n) is 3.96. The summed E-state index contributed by atoms with van der Waals surface area (Å²) in [5.74, 6) is 0.504. The lowest BCUT2D eigenvalue weighted by Gasteiger charge is -2.10. The molecule has 1 aromatic heterocycles. The molecule has 1 amide bonds. The van der Waals surface area contributed by atoms with Gasteiger partial charge in [-0.05, 0) is 26.2 Å². The molecular formula is C10H14FN3O. The molecule has 1 saturated carbocycles. The van der Waals surface area contributed by atoms with Crippen molar-refractivity contribution in [2.45, 2.75) is 38.4 Å². The third kappa shape index (κ3) is 2.34. The minimum atomic E-state index is -0.765. The van der Waals surface area contributed by atoms with Crippen molar-refractivity contribution in [1.29, 1.82) is 0 Å². The molecule has 5 heteroatoms. The lowest BCUT2D eigenvalue weighted by atomic mass is 10.2. The molecule has 1 heterocycles. The minimum absolute atomic E-state index is 0.0314. The van der Waals surface area contributed by atoms with E-state index >= 15 is 0 Å². The topological polar surface area (TPSA) is 57.8 Å². The number of nitrogens with one attached hydrogen (secondary N) is 2. The maximum absolute atomic E-state index is 12.9. The highest BCUT2D eigenvalue weighted by atomic mass is 19.1. The Hall–Kier alpha value is -1.39. The smallest absolute Gasteiger partial charge is 0.269 e. The van der Waals surface area contributed by atoms with E-state index in [1.807, 2.05) is 0 Å². The van der Waals surface area contributed by atoms with Crippen molar-refractivity contribution in [3.63, 3.8) is 0 Å². The van der Waals surface area contributed by atoms with Crippen molar-refractivity contribution < 1.29 is 9.18 Å². The van der Waals surface area contributed by atoms with E-state index in [1.54, 1.807) is 6.92 Å². The van der Waals surface area contributed by atoms with Gasteiger partial charge in [-0.3, -0.25) is 4.79 Å². The fourth-order valence-corrected chi connectivity index (χ4v) is 1.86. The van der Waals surface area contributed by atoms with Crippen LogP contribution in [0.15, 0.2) is 6.20 Å². The lowest BCUT2D eigenvalue weighted by molar-refractivity contribution is 0.0932. The molecule has 2 N–H and O–H groups in total. The molecule has 1 aliphatic carbocycles. The molecule has 1 aromatic rings. The summed E-state index contributed by atoms with van der Waals surface area (Å²) in [5.41, 5.74) is 0.440. The van der Waals surface area contributed by atoms with Crippen molar-refractivity contribution in [1.82, 2.24) is 15.3 Å². The SMILES string of the molecule is Cc1ncc(C(=O)NC2CCC(F)C2)[nH]1. The van der Waals surface area contributed by atoms with Gasteiger partial charge in [0, 0.05) is 6.04 Å². The molecule has 2 atom stereocenters. The third-order valence-electron chi connectivity index (χ3n) is 2.65. The second kappa shape index (κ2) is 4.00. The molecule has 82 valence electrons. The molecule has 2 rings (SSSR count). The Morgan fingerprint density at radius 3 is 3.00 bits per heavy atom. The highest BCUT2D eigenvalue weighted by Crippen LogP contribution is 2.21. The minimum Gasteiger partial charge on any atom is -0.348 e. The number of hydrogen-bond acceptors (Lipinski definition) is 2. The van der Waals surface area contributed by atoms with Crippen LogP contribution >= 0.6 is 0 Å². The van der Waals surface area contributed by atoms with Crippen LogP contribution in [0.5, 0.6) is 0 Å². The summed E-state index contributed by atoms with van der Waals surface area (Å²) in [5, 5.41) is 2.79. The molecule has 0 bridgehead atoms. The van der Waals surface area contributed by atoms with Crippen LogP contribution in [0.4, 0.5) is 4.39 Å². The largest absolute Gasteiger partial charge is 0.348 e. The van der Waals surface area contributed by atoms with Crippen molar-refractivity contribution in [2.24, 2.45) is 0 Å². The highest BCUT2D eigenvalue weighted by molar-refractivity contribution is 5.92. The Morgan fingerprint density at radius 2 is 2.47 bits per heavy atom. The summed E-state index contributed by atoms with van der Waals surface area (Å²) in [6.07, 6.45) is 2.43. The normalized spacial score (nSPS) is 25.5. The van der Waals surface area contributed by atoms with E-state index in [0.717, 1.165) is 6.42 Å². The van der Waals surface area contributed by atoms with Gasteiger partial charge in [0.15, 0.2) is 0 Å². The number of halogens is 1. The van der Waals surface area contributed by atoms with E-state index in [9.17, 15) is 9.18 Å². The molecule has 0 aliphatic heterocycles. The zero-order chi connectivity index (χ0) is 10.8. The molecule has 0 saturated heterocycles. The second-order valence-corrected chi connectivity index (χ2v) is 3.96. The molecule has 15 heavy (non-hydrogen) atoms. The molecule has 2 unspecified atom stereocenters. The lowest BCUT2D eigenvalue weighted by Crippen LogP contribution is -2.33. The number of imidazole rings is 1. The number of aromatic amines is 1. The number of carbonyl (C=O) groups is 1. The molecule has 4 nitrogen and oxygen atoms in total.